The molecule has 7 rings (SSSR count). The van der Waals surface area contributed by atoms with Gasteiger partial charge < -0.3 is 5.32 Å². The largest absolute Gasteiger partial charge is 0.418 e. The third-order valence-corrected chi connectivity index (χ3v) is 7.53. The summed E-state index contributed by atoms with van der Waals surface area (Å²) in [4.78, 5) is 41.0. The van der Waals surface area contributed by atoms with Gasteiger partial charge in [-0.3, -0.25) is 14.4 Å². The zero-order chi connectivity index (χ0) is 23.1. The first kappa shape index (κ1) is 20.2. The SMILES string of the molecule is O=C(Nc1ccccc1C(F)(F)F)c1ccccc1N1C(=O)[C@H]2[C@@H]3C=C[C@H]([C@@H]4C[C@H]34)[C@@H]2C1=O. The third-order valence-electron chi connectivity index (χ3n) is 7.53. The van der Waals surface area contributed by atoms with Gasteiger partial charge in [-0.15, -0.1) is 0 Å². The van der Waals surface area contributed by atoms with Gasteiger partial charge in [-0.2, -0.15) is 13.2 Å². The van der Waals surface area contributed by atoms with Crippen LogP contribution in [0.2, 0.25) is 0 Å². The van der Waals surface area contributed by atoms with Crippen LogP contribution in [0.25, 0.3) is 0 Å². The number of allylic oxidation sites excluding steroid dienone is 2. The number of carbonyl (C=O) groups excluding carboxylic acids is 3. The van der Waals surface area contributed by atoms with Crippen LogP contribution in [0.3, 0.4) is 0 Å². The fraction of sp³-hybridized carbons (Fsp3) is 0.320. The number of rotatable bonds is 3. The summed E-state index contributed by atoms with van der Waals surface area (Å²) < 4.78 is 40.1. The highest BCUT2D eigenvalue weighted by Gasteiger charge is 2.67. The van der Waals surface area contributed by atoms with Crippen molar-refractivity contribution < 1.29 is 27.6 Å². The normalized spacial score (nSPS) is 31.4. The molecule has 168 valence electrons. The Bertz CT molecular complexity index is 1200. The van der Waals surface area contributed by atoms with Crippen LogP contribution in [0, 0.1) is 35.5 Å². The van der Waals surface area contributed by atoms with Crippen molar-refractivity contribution in [1.82, 2.24) is 0 Å². The van der Waals surface area contributed by atoms with Gasteiger partial charge in [0.2, 0.25) is 11.8 Å². The Kier molecular flexibility index (Phi) is 4.16. The molecule has 1 saturated heterocycles. The molecule has 1 aliphatic heterocycles. The average Bonchev–Trinajstić information content (AvgIpc) is 3.57. The topological polar surface area (TPSA) is 66.5 Å². The van der Waals surface area contributed by atoms with E-state index in [0.717, 1.165) is 17.4 Å². The van der Waals surface area contributed by atoms with Crippen molar-refractivity contribution in [3.63, 3.8) is 0 Å². The van der Waals surface area contributed by atoms with Crippen molar-refractivity contribution in [3.05, 3.63) is 71.8 Å². The number of nitrogens with one attached hydrogen (secondary N) is 1. The van der Waals surface area contributed by atoms with Gasteiger partial charge in [-0.05, 0) is 54.4 Å². The fourth-order valence-corrected chi connectivity index (χ4v) is 6.08. The lowest BCUT2D eigenvalue weighted by Gasteiger charge is -2.37. The molecule has 33 heavy (non-hydrogen) atoms. The second-order valence-corrected chi connectivity index (χ2v) is 9.18. The van der Waals surface area contributed by atoms with Gasteiger partial charge in [-0.1, -0.05) is 36.4 Å². The van der Waals surface area contributed by atoms with Crippen molar-refractivity contribution in [1.29, 1.82) is 0 Å². The summed E-state index contributed by atoms with van der Waals surface area (Å²) in [5.41, 5.74) is -1.28. The first-order valence-electron chi connectivity index (χ1n) is 10.9. The number of amides is 3. The van der Waals surface area contributed by atoms with E-state index < -0.39 is 29.5 Å². The van der Waals surface area contributed by atoms with E-state index in [2.05, 4.69) is 17.5 Å². The molecule has 6 atom stereocenters. The molecule has 1 heterocycles. The first-order valence-corrected chi connectivity index (χ1v) is 10.9. The Morgan fingerprint density at radius 3 is 2.09 bits per heavy atom. The van der Waals surface area contributed by atoms with Gasteiger partial charge >= 0.3 is 6.18 Å². The average molecular weight is 452 g/mol. The standard InChI is InChI=1S/C25H19F3N2O3/c26-25(27,28)17-6-2-3-7-18(17)29-22(31)14-5-1-4-8-19(14)30-23(32)20-12-9-10-13(16-11-15(12)16)21(20)24(30)33/h1-10,12-13,15-16,20-21H,11H2,(H,29,31)/t12-,13-,15-,16+,20+,21+/m1/s1. The molecule has 3 fully saturated rings. The quantitative estimate of drug-likeness (QED) is 0.550. The van der Waals surface area contributed by atoms with Crippen molar-refractivity contribution in [3.8, 4) is 0 Å². The lowest BCUT2D eigenvalue weighted by atomic mass is 9.63. The summed E-state index contributed by atoms with van der Waals surface area (Å²) in [5.74, 6) is -1.39. The second kappa shape index (κ2) is 6.79. The highest BCUT2D eigenvalue weighted by molar-refractivity contribution is 6.25. The number of para-hydroxylation sites is 2. The zero-order valence-corrected chi connectivity index (χ0v) is 17.3. The number of imide groups is 1. The van der Waals surface area contributed by atoms with Crippen LogP contribution in [0.1, 0.15) is 22.3 Å². The van der Waals surface area contributed by atoms with Crippen molar-refractivity contribution >= 4 is 29.1 Å². The minimum absolute atomic E-state index is 0.0275. The van der Waals surface area contributed by atoms with E-state index in [1.807, 2.05) is 0 Å². The summed E-state index contributed by atoms with van der Waals surface area (Å²) in [5, 5.41) is 2.31. The lowest BCUT2D eigenvalue weighted by Crippen LogP contribution is -2.40. The molecular weight excluding hydrogens is 433 g/mol. The summed E-state index contributed by atoms with van der Waals surface area (Å²) in [7, 11) is 0. The molecule has 0 unspecified atom stereocenters. The summed E-state index contributed by atoms with van der Waals surface area (Å²) in [6.07, 6.45) is 0.503. The van der Waals surface area contributed by atoms with Crippen LogP contribution in [0.4, 0.5) is 24.5 Å². The molecule has 8 heteroatoms. The van der Waals surface area contributed by atoms with Crippen molar-refractivity contribution in [2.24, 2.45) is 35.5 Å². The van der Waals surface area contributed by atoms with Crippen LogP contribution in [-0.2, 0) is 15.8 Å². The zero-order valence-electron chi connectivity index (χ0n) is 17.3. The Morgan fingerprint density at radius 1 is 0.879 bits per heavy atom. The molecule has 0 spiro atoms. The Morgan fingerprint density at radius 2 is 1.45 bits per heavy atom. The molecule has 0 aromatic heterocycles. The van der Waals surface area contributed by atoms with E-state index >= 15 is 0 Å². The molecule has 5 nitrogen and oxygen atoms in total. The van der Waals surface area contributed by atoms with Crippen LogP contribution in [-0.4, -0.2) is 17.7 Å². The minimum atomic E-state index is -4.65. The number of anilines is 2. The van der Waals surface area contributed by atoms with Gasteiger partial charge in [0.1, 0.15) is 0 Å². The molecule has 5 aliphatic rings. The molecule has 0 radical (unpaired) electrons. The molecular formula is C25H19F3N2O3. The number of halogens is 3. The van der Waals surface area contributed by atoms with E-state index in [9.17, 15) is 27.6 Å². The molecule has 3 amide bonds. The van der Waals surface area contributed by atoms with E-state index in [1.165, 1.54) is 30.3 Å². The Labute approximate surface area is 187 Å². The number of hydrogen-bond acceptors (Lipinski definition) is 3. The number of nitrogens with zero attached hydrogens (tertiary/aromatic N) is 1. The van der Waals surface area contributed by atoms with E-state index in [-0.39, 0.29) is 40.6 Å². The van der Waals surface area contributed by atoms with Crippen LogP contribution in [0.5, 0.6) is 0 Å². The number of alkyl halides is 3. The fourth-order valence-electron chi connectivity index (χ4n) is 6.08. The minimum Gasteiger partial charge on any atom is -0.321 e. The van der Waals surface area contributed by atoms with Gasteiger partial charge in [0.15, 0.2) is 0 Å². The Balaban J connectivity index is 1.34. The molecule has 2 saturated carbocycles. The Hall–Kier alpha value is -3.42. The highest BCUT2D eigenvalue weighted by Crippen LogP contribution is 2.65. The van der Waals surface area contributed by atoms with E-state index in [1.54, 1.807) is 12.1 Å². The van der Waals surface area contributed by atoms with Gasteiger partial charge in [0.25, 0.3) is 5.91 Å². The van der Waals surface area contributed by atoms with Gasteiger partial charge in [0, 0.05) is 0 Å². The van der Waals surface area contributed by atoms with E-state index in [0.29, 0.717) is 11.8 Å². The maximum atomic E-state index is 13.4. The maximum absolute atomic E-state index is 13.4. The van der Waals surface area contributed by atoms with Crippen LogP contribution < -0.4 is 10.2 Å². The monoisotopic (exact) mass is 452 g/mol. The van der Waals surface area contributed by atoms with Gasteiger partial charge in [-0.25, -0.2) is 4.90 Å². The molecule has 1 N–H and O–H groups in total. The number of hydrogen-bond donors (Lipinski definition) is 1. The van der Waals surface area contributed by atoms with Crippen LogP contribution >= 0.6 is 0 Å². The first-order chi connectivity index (χ1) is 15.8. The summed E-state index contributed by atoms with van der Waals surface area (Å²) >= 11 is 0. The van der Waals surface area contributed by atoms with Crippen molar-refractivity contribution in [2.45, 2.75) is 12.6 Å². The number of benzene rings is 2. The van der Waals surface area contributed by atoms with Gasteiger partial charge in [0.05, 0.1) is 34.3 Å². The van der Waals surface area contributed by atoms with Crippen LogP contribution in [0.15, 0.2) is 60.7 Å². The molecule has 2 aromatic rings. The van der Waals surface area contributed by atoms with E-state index in [4.69, 9.17) is 0 Å². The predicted octanol–water partition coefficient (Wildman–Crippen LogP) is 4.52. The summed E-state index contributed by atoms with van der Waals surface area (Å²) in [6, 6.07) is 10.7. The second-order valence-electron chi connectivity index (χ2n) is 9.18. The third kappa shape index (κ3) is 2.89. The highest BCUT2D eigenvalue weighted by atomic mass is 19.4. The number of carbonyl (C=O) groups is 3. The lowest BCUT2D eigenvalue weighted by molar-refractivity contribution is -0.137. The smallest absolute Gasteiger partial charge is 0.321 e. The molecule has 4 aliphatic carbocycles. The maximum Gasteiger partial charge on any atom is 0.418 e. The van der Waals surface area contributed by atoms with Crippen molar-refractivity contribution in [2.75, 3.05) is 10.2 Å². The summed E-state index contributed by atoms with van der Waals surface area (Å²) in [6.45, 7) is 0. The molecule has 2 bridgehead atoms. The molecule has 2 aromatic carbocycles. The predicted molar refractivity (Wildman–Crippen MR) is 113 cm³/mol.